The lowest BCUT2D eigenvalue weighted by atomic mass is 10.1. The second-order valence-corrected chi connectivity index (χ2v) is 4.98. The van der Waals surface area contributed by atoms with Crippen molar-refractivity contribution in [1.29, 1.82) is 0 Å². The summed E-state index contributed by atoms with van der Waals surface area (Å²) in [5.41, 5.74) is 1.09. The smallest absolute Gasteiger partial charge is 0.123 e. The van der Waals surface area contributed by atoms with Gasteiger partial charge in [0.05, 0.1) is 0 Å². The molecule has 2 rings (SSSR count). The van der Waals surface area contributed by atoms with Crippen LogP contribution in [-0.2, 0) is 0 Å². The van der Waals surface area contributed by atoms with E-state index in [1.807, 2.05) is 12.1 Å². The van der Waals surface area contributed by atoms with Crippen molar-refractivity contribution in [2.24, 2.45) is 0 Å². The molecule has 0 saturated carbocycles. The van der Waals surface area contributed by atoms with Crippen LogP contribution in [-0.4, -0.2) is 0 Å². The lowest BCUT2D eigenvalue weighted by molar-refractivity contribution is 0.628. The Morgan fingerprint density at radius 3 is 2.20 bits per heavy atom. The van der Waals surface area contributed by atoms with Crippen LogP contribution in [0.3, 0.4) is 0 Å². The minimum absolute atomic E-state index is 0.181. The van der Waals surface area contributed by atoms with Crippen molar-refractivity contribution >= 4 is 11.3 Å². The van der Waals surface area contributed by atoms with Gasteiger partial charge in [-0.2, -0.15) is 0 Å². The summed E-state index contributed by atoms with van der Waals surface area (Å²) in [6.07, 6.45) is 0. The molecule has 0 bridgehead atoms. The molecular formula is C13H13FS. The molecule has 0 atom stereocenters. The Balaban J connectivity index is 2.33. The van der Waals surface area contributed by atoms with Crippen LogP contribution in [0.15, 0.2) is 36.4 Å². The molecule has 0 unspecified atom stereocenters. The van der Waals surface area contributed by atoms with E-state index in [0.29, 0.717) is 5.92 Å². The fourth-order valence-corrected chi connectivity index (χ4v) is 2.45. The third-order valence-corrected chi connectivity index (χ3v) is 3.76. The fourth-order valence-electron chi connectivity index (χ4n) is 1.43. The number of thiophene rings is 1. The molecule has 1 aromatic carbocycles. The van der Waals surface area contributed by atoms with Gasteiger partial charge in [-0.05, 0) is 35.7 Å². The van der Waals surface area contributed by atoms with E-state index in [-0.39, 0.29) is 5.82 Å². The second kappa shape index (κ2) is 4.15. The first-order valence-corrected chi connectivity index (χ1v) is 5.84. The predicted octanol–water partition coefficient (Wildman–Crippen LogP) is 4.68. The number of halogens is 1. The Kier molecular flexibility index (Phi) is 2.87. The van der Waals surface area contributed by atoms with Crippen molar-refractivity contribution in [3.05, 3.63) is 47.1 Å². The molecule has 15 heavy (non-hydrogen) atoms. The maximum Gasteiger partial charge on any atom is 0.123 e. The maximum atomic E-state index is 12.7. The SMILES string of the molecule is CC(C)c1ccc(-c2ccc(F)cc2)s1. The zero-order chi connectivity index (χ0) is 10.8. The Labute approximate surface area is 93.4 Å². The van der Waals surface area contributed by atoms with Crippen LogP contribution in [0.25, 0.3) is 10.4 Å². The summed E-state index contributed by atoms with van der Waals surface area (Å²) in [6, 6.07) is 10.9. The van der Waals surface area contributed by atoms with Gasteiger partial charge >= 0.3 is 0 Å². The highest BCUT2D eigenvalue weighted by molar-refractivity contribution is 7.15. The quantitative estimate of drug-likeness (QED) is 0.689. The van der Waals surface area contributed by atoms with Crippen LogP contribution in [0, 0.1) is 5.82 Å². The van der Waals surface area contributed by atoms with Crippen molar-refractivity contribution in [2.45, 2.75) is 19.8 Å². The highest BCUT2D eigenvalue weighted by Crippen LogP contribution is 2.31. The molecule has 0 spiro atoms. The topological polar surface area (TPSA) is 0 Å². The standard InChI is InChI=1S/C13H13FS/c1-9(2)12-7-8-13(15-12)10-3-5-11(14)6-4-10/h3-9H,1-2H3. The summed E-state index contributed by atoms with van der Waals surface area (Å²) in [4.78, 5) is 2.58. The summed E-state index contributed by atoms with van der Waals surface area (Å²) < 4.78 is 12.7. The molecule has 0 aliphatic heterocycles. The molecule has 0 aliphatic rings. The molecule has 0 radical (unpaired) electrons. The molecule has 2 heteroatoms. The Hall–Kier alpha value is -1.15. The molecule has 0 saturated heterocycles. The summed E-state index contributed by atoms with van der Waals surface area (Å²) in [5, 5.41) is 0. The van der Waals surface area contributed by atoms with E-state index in [2.05, 4.69) is 26.0 Å². The first kappa shape index (κ1) is 10.4. The van der Waals surface area contributed by atoms with Gasteiger partial charge in [0.2, 0.25) is 0 Å². The molecule has 78 valence electrons. The highest BCUT2D eigenvalue weighted by atomic mass is 32.1. The predicted molar refractivity (Wildman–Crippen MR) is 63.8 cm³/mol. The molecular weight excluding hydrogens is 207 g/mol. The van der Waals surface area contributed by atoms with Gasteiger partial charge in [0.1, 0.15) is 5.82 Å². The van der Waals surface area contributed by atoms with E-state index >= 15 is 0 Å². The van der Waals surface area contributed by atoms with Crippen LogP contribution in [0.2, 0.25) is 0 Å². The van der Waals surface area contributed by atoms with Gasteiger partial charge < -0.3 is 0 Å². The van der Waals surface area contributed by atoms with Crippen molar-refractivity contribution in [3.8, 4) is 10.4 Å². The highest BCUT2D eigenvalue weighted by Gasteiger charge is 2.05. The molecule has 0 amide bonds. The lowest BCUT2D eigenvalue weighted by Crippen LogP contribution is -1.77. The lowest BCUT2D eigenvalue weighted by Gasteiger charge is -1.99. The maximum absolute atomic E-state index is 12.7. The molecule has 0 N–H and O–H groups in total. The number of hydrogen-bond acceptors (Lipinski definition) is 1. The summed E-state index contributed by atoms with van der Waals surface area (Å²) in [7, 11) is 0. The average Bonchev–Trinajstić information content (AvgIpc) is 2.68. The first-order valence-electron chi connectivity index (χ1n) is 5.02. The van der Waals surface area contributed by atoms with Gasteiger partial charge in [0, 0.05) is 9.75 Å². The third-order valence-electron chi connectivity index (χ3n) is 2.32. The van der Waals surface area contributed by atoms with Gasteiger partial charge in [-0.15, -0.1) is 11.3 Å². The van der Waals surface area contributed by atoms with E-state index in [4.69, 9.17) is 0 Å². The van der Waals surface area contributed by atoms with Crippen molar-refractivity contribution in [1.82, 2.24) is 0 Å². The third kappa shape index (κ3) is 2.26. The van der Waals surface area contributed by atoms with E-state index in [9.17, 15) is 4.39 Å². The number of hydrogen-bond donors (Lipinski definition) is 0. The van der Waals surface area contributed by atoms with Gasteiger partial charge in [-0.25, -0.2) is 4.39 Å². The van der Waals surface area contributed by atoms with E-state index in [1.165, 1.54) is 21.9 Å². The Bertz CT molecular complexity index is 440. The van der Waals surface area contributed by atoms with Gasteiger partial charge in [0.25, 0.3) is 0 Å². The van der Waals surface area contributed by atoms with Crippen LogP contribution in [0.1, 0.15) is 24.6 Å². The minimum Gasteiger partial charge on any atom is -0.207 e. The van der Waals surface area contributed by atoms with Gasteiger partial charge in [-0.3, -0.25) is 0 Å². The van der Waals surface area contributed by atoms with Crippen LogP contribution in [0.5, 0.6) is 0 Å². The summed E-state index contributed by atoms with van der Waals surface area (Å²) in [6.45, 7) is 4.36. The Morgan fingerprint density at radius 1 is 1.00 bits per heavy atom. The molecule has 0 fully saturated rings. The number of benzene rings is 1. The first-order chi connectivity index (χ1) is 7.16. The Morgan fingerprint density at radius 2 is 1.67 bits per heavy atom. The fraction of sp³-hybridized carbons (Fsp3) is 0.231. The van der Waals surface area contributed by atoms with Crippen LogP contribution >= 0.6 is 11.3 Å². The molecule has 1 aromatic heterocycles. The van der Waals surface area contributed by atoms with Crippen LogP contribution in [0.4, 0.5) is 4.39 Å². The molecule has 2 aromatic rings. The van der Waals surface area contributed by atoms with E-state index in [1.54, 1.807) is 11.3 Å². The average molecular weight is 220 g/mol. The van der Waals surface area contributed by atoms with Crippen molar-refractivity contribution < 1.29 is 4.39 Å². The largest absolute Gasteiger partial charge is 0.207 e. The second-order valence-electron chi connectivity index (χ2n) is 3.86. The zero-order valence-electron chi connectivity index (χ0n) is 8.83. The molecule has 1 heterocycles. The normalized spacial score (nSPS) is 10.9. The van der Waals surface area contributed by atoms with E-state index < -0.39 is 0 Å². The van der Waals surface area contributed by atoms with Crippen LogP contribution < -0.4 is 0 Å². The van der Waals surface area contributed by atoms with Gasteiger partial charge in [0.15, 0.2) is 0 Å². The minimum atomic E-state index is -0.181. The molecule has 0 nitrogen and oxygen atoms in total. The van der Waals surface area contributed by atoms with E-state index in [0.717, 1.165) is 5.56 Å². The summed E-state index contributed by atoms with van der Waals surface area (Å²) >= 11 is 1.78. The monoisotopic (exact) mass is 220 g/mol. The summed E-state index contributed by atoms with van der Waals surface area (Å²) in [5.74, 6) is 0.378. The number of rotatable bonds is 2. The van der Waals surface area contributed by atoms with Gasteiger partial charge in [-0.1, -0.05) is 26.0 Å². The van der Waals surface area contributed by atoms with Crippen molar-refractivity contribution in [3.63, 3.8) is 0 Å². The zero-order valence-corrected chi connectivity index (χ0v) is 9.64. The molecule has 0 aliphatic carbocycles. The van der Waals surface area contributed by atoms with Crippen molar-refractivity contribution in [2.75, 3.05) is 0 Å².